The van der Waals surface area contributed by atoms with Crippen molar-refractivity contribution in [1.29, 1.82) is 5.26 Å². The summed E-state index contributed by atoms with van der Waals surface area (Å²) >= 11 is 6.02. The molecule has 1 aromatic carbocycles. The molecule has 3 rings (SSSR count). The Morgan fingerprint density at radius 1 is 1.30 bits per heavy atom. The van der Waals surface area contributed by atoms with Gasteiger partial charge in [-0.3, -0.25) is 0 Å². The van der Waals surface area contributed by atoms with Crippen molar-refractivity contribution in [3.63, 3.8) is 0 Å². The molecule has 5 nitrogen and oxygen atoms in total. The molecule has 2 N–H and O–H groups in total. The number of fused-ring (bicyclic) bond motifs is 1. The lowest BCUT2D eigenvalue weighted by Gasteiger charge is -2.20. The molecule has 116 valence electrons. The lowest BCUT2D eigenvalue weighted by atomic mass is 10.1. The molecule has 0 amide bonds. The third-order valence-electron chi connectivity index (χ3n) is 3.55. The van der Waals surface area contributed by atoms with Crippen LogP contribution in [0.3, 0.4) is 0 Å². The second kappa shape index (κ2) is 6.69. The minimum atomic E-state index is -0.279. The van der Waals surface area contributed by atoms with E-state index in [0.717, 1.165) is 11.1 Å². The Labute approximate surface area is 138 Å². The monoisotopic (exact) mass is 326 g/mol. The molecule has 0 radical (unpaired) electrons. The summed E-state index contributed by atoms with van der Waals surface area (Å²) in [4.78, 5) is 0. The van der Waals surface area contributed by atoms with Crippen LogP contribution in [0.2, 0.25) is 5.02 Å². The van der Waals surface area contributed by atoms with Crippen molar-refractivity contribution in [2.75, 3.05) is 6.54 Å². The fourth-order valence-electron chi connectivity index (χ4n) is 2.40. The highest BCUT2D eigenvalue weighted by Gasteiger charge is 2.16. The van der Waals surface area contributed by atoms with Crippen LogP contribution in [0.4, 0.5) is 0 Å². The number of ether oxygens (including phenoxy) is 1. The van der Waals surface area contributed by atoms with E-state index in [-0.39, 0.29) is 6.10 Å². The van der Waals surface area contributed by atoms with Gasteiger partial charge in [-0.05, 0) is 30.8 Å². The van der Waals surface area contributed by atoms with Gasteiger partial charge in [0.1, 0.15) is 17.9 Å². The highest BCUT2D eigenvalue weighted by molar-refractivity contribution is 6.30. The molecular formula is C17H15ClN4O. The fourth-order valence-corrected chi connectivity index (χ4v) is 2.57. The first-order valence-electron chi connectivity index (χ1n) is 7.21. The van der Waals surface area contributed by atoms with Gasteiger partial charge in [0.2, 0.25) is 0 Å². The van der Waals surface area contributed by atoms with Crippen LogP contribution in [0.5, 0.6) is 5.75 Å². The molecule has 0 bridgehead atoms. The van der Waals surface area contributed by atoms with Crippen molar-refractivity contribution < 1.29 is 4.74 Å². The average Bonchev–Trinajstić information content (AvgIpc) is 3.02. The zero-order valence-electron chi connectivity index (χ0n) is 12.3. The summed E-state index contributed by atoms with van der Waals surface area (Å²) in [5, 5.41) is 14.0. The van der Waals surface area contributed by atoms with Crippen LogP contribution in [0, 0.1) is 11.3 Å². The number of rotatable bonds is 5. The Kier molecular flexibility index (Phi) is 4.47. The van der Waals surface area contributed by atoms with Gasteiger partial charge in [0.25, 0.3) is 0 Å². The second-order valence-corrected chi connectivity index (χ2v) is 5.54. The number of pyridine rings is 1. The van der Waals surface area contributed by atoms with E-state index in [4.69, 9.17) is 22.1 Å². The minimum Gasteiger partial charge on any atom is -0.484 e. The van der Waals surface area contributed by atoms with E-state index in [1.54, 1.807) is 28.9 Å². The summed E-state index contributed by atoms with van der Waals surface area (Å²) in [6.45, 7) is 0.463. The van der Waals surface area contributed by atoms with E-state index in [0.29, 0.717) is 29.3 Å². The summed E-state index contributed by atoms with van der Waals surface area (Å²) < 4.78 is 7.82. The van der Waals surface area contributed by atoms with Crippen LogP contribution >= 0.6 is 11.6 Å². The summed E-state index contributed by atoms with van der Waals surface area (Å²) in [7, 11) is 0. The molecule has 6 heteroatoms. The van der Waals surface area contributed by atoms with Crippen LogP contribution in [0.1, 0.15) is 23.7 Å². The van der Waals surface area contributed by atoms with Crippen molar-refractivity contribution in [3.8, 4) is 11.8 Å². The second-order valence-electron chi connectivity index (χ2n) is 5.10. The molecule has 2 aromatic heterocycles. The smallest absolute Gasteiger partial charge is 0.139 e. The number of aromatic nitrogens is 2. The molecule has 3 aromatic rings. The molecule has 1 atom stereocenters. The number of nitriles is 1. The Morgan fingerprint density at radius 2 is 2.17 bits per heavy atom. The SMILES string of the molecule is N#Cc1ccc(Cl)cc1OC(CCN)c1ccc2ccnn2c1. The maximum absolute atomic E-state index is 9.22. The van der Waals surface area contributed by atoms with Gasteiger partial charge >= 0.3 is 0 Å². The van der Waals surface area contributed by atoms with Gasteiger partial charge in [0.05, 0.1) is 11.1 Å². The first-order valence-corrected chi connectivity index (χ1v) is 7.58. The first-order chi connectivity index (χ1) is 11.2. The van der Waals surface area contributed by atoms with Crippen LogP contribution in [0.25, 0.3) is 5.52 Å². The van der Waals surface area contributed by atoms with Gasteiger partial charge in [0.15, 0.2) is 0 Å². The Hall–Kier alpha value is -2.55. The summed E-state index contributed by atoms with van der Waals surface area (Å²) in [6.07, 6.45) is 3.98. The predicted octanol–water partition coefficient (Wildman–Crippen LogP) is 3.33. The van der Waals surface area contributed by atoms with Crippen LogP contribution < -0.4 is 10.5 Å². The Bertz CT molecular complexity index is 868. The number of benzene rings is 1. The van der Waals surface area contributed by atoms with Crippen molar-refractivity contribution in [1.82, 2.24) is 9.61 Å². The Balaban J connectivity index is 1.95. The van der Waals surface area contributed by atoms with Crippen molar-refractivity contribution in [2.45, 2.75) is 12.5 Å². The molecule has 0 aliphatic rings. The predicted molar refractivity (Wildman–Crippen MR) is 88.4 cm³/mol. The number of hydrogen-bond donors (Lipinski definition) is 1. The van der Waals surface area contributed by atoms with Gasteiger partial charge in [-0.25, -0.2) is 4.52 Å². The standard InChI is InChI=1S/C17H15ClN4O/c18-14-3-1-12(10-20)17(9-14)23-16(5-7-19)13-2-4-15-6-8-21-22(15)11-13/h1-4,6,8-9,11,16H,5,7,19H2. The third-order valence-corrected chi connectivity index (χ3v) is 3.79. The lowest BCUT2D eigenvalue weighted by molar-refractivity contribution is 0.196. The number of hydrogen-bond acceptors (Lipinski definition) is 4. The zero-order chi connectivity index (χ0) is 16.2. The average molecular weight is 327 g/mol. The fraction of sp³-hybridized carbons (Fsp3) is 0.176. The highest BCUT2D eigenvalue weighted by Crippen LogP contribution is 2.29. The van der Waals surface area contributed by atoms with E-state index in [2.05, 4.69) is 11.2 Å². The van der Waals surface area contributed by atoms with E-state index < -0.39 is 0 Å². The molecule has 0 saturated carbocycles. The molecule has 0 saturated heterocycles. The van der Waals surface area contributed by atoms with Crippen molar-refractivity contribution >= 4 is 17.1 Å². The zero-order valence-corrected chi connectivity index (χ0v) is 13.1. The number of nitrogens with zero attached hydrogens (tertiary/aromatic N) is 3. The number of halogens is 1. The van der Waals surface area contributed by atoms with Crippen LogP contribution in [0.15, 0.2) is 48.8 Å². The molecule has 0 aliphatic carbocycles. The third kappa shape index (κ3) is 3.29. The van der Waals surface area contributed by atoms with E-state index in [9.17, 15) is 5.26 Å². The molecule has 1 unspecified atom stereocenters. The van der Waals surface area contributed by atoms with E-state index >= 15 is 0 Å². The van der Waals surface area contributed by atoms with Gasteiger partial charge in [-0.15, -0.1) is 0 Å². The summed E-state index contributed by atoms with van der Waals surface area (Å²) in [5.74, 6) is 0.457. The molecule has 23 heavy (non-hydrogen) atoms. The largest absolute Gasteiger partial charge is 0.484 e. The minimum absolute atomic E-state index is 0.279. The lowest BCUT2D eigenvalue weighted by Crippen LogP contribution is -2.14. The topological polar surface area (TPSA) is 76.3 Å². The Morgan fingerprint density at radius 3 is 2.96 bits per heavy atom. The van der Waals surface area contributed by atoms with Crippen molar-refractivity contribution in [2.24, 2.45) is 5.73 Å². The van der Waals surface area contributed by atoms with Gasteiger partial charge < -0.3 is 10.5 Å². The molecule has 0 aliphatic heterocycles. The van der Waals surface area contributed by atoms with Crippen molar-refractivity contribution in [3.05, 3.63) is 64.9 Å². The molecule has 0 fully saturated rings. The van der Waals surface area contributed by atoms with Gasteiger partial charge in [-0.2, -0.15) is 10.4 Å². The normalized spacial score (nSPS) is 12.0. The first kappa shape index (κ1) is 15.3. The molecule has 0 spiro atoms. The van der Waals surface area contributed by atoms with E-state index in [1.807, 2.05) is 24.4 Å². The molecular weight excluding hydrogens is 312 g/mol. The van der Waals surface area contributed by atoms with Gasteiger partial charge in [-0.1, -0.05) is 17.7 Å². The van der Waals surface area contributed by atoms with Gasteiger partial charge in [0, 0.05) is 35.5 Å². The van der Waals surface area contributed by atoms with Crippen LogP contribution in [-0.2, 0) is 0 Å². The van der Waals surface area contributed by atoms with Crippen LogP contribution in [-0.4, -0.2) is 16.2 Å². The van der Waals surface area contributed by atoms with E-state index in [1.165, 1.54) is 0 Å². The maximum Gasteiger partial charge on any atom is 0.139 e. The maximum atomic E-state index is 9.22. The molecule has 2 heterocycles. The summed E-state index contributed by atoms with van der Waals surface area (Å²) in [5.41, 5.74) is 8.10. The highest BCUT2D eigenvalue weighted by atomic mass is 35.5. The number of nitrogens with two attached hydrogens (primary N) is 1. The quantitative estimate of drug-likeness (QED) is 0.780. The summed E-state index contributed by atoms with van der Waals surface area (Å²) in [6, 6.07) is 13.0.